The molecule has 0 heterocycles. The summed E-state index contributed by atoms with van der Waals surface area (Å²) in [6.07, 6.45) is 10.8. The summed E-state index contributed by atoms with van der Waals surface area (Å²) in [6.45, 7) is 10.3. The van der Waals surface area contributed by atoms with Crippen molar-refractivity contribution in [3.63, 3.8) is 0 Å². The van der Waals surface area contributed by atoms with Crippen LogP contribution in [0.3, 0.4) is 0 Å². The number of hydrogen-bond donors (Lipinski definition) is 0. The molecule has 0 heteroatoms. The molecule has 4 rings (SSSR count). The predicted molar refractivity (Wildman–Crippen MR) is 89.9 cm³/mol. The van der Waals surface area contributed by atoms with Gasteiger partial charge in [0.2, 0.25) is 0 Å². The van der Waals surface area contributed by atoms with Crippen LogP contribution in [0.5, 0.6) is 0 Å². The minimum Gasteiger partial charge on any atom is -0.0651 e. The van der Waals surface area contributed by atoms with E-state index in [-0.39, 0.29) is 0 Å². The fourth-order valence-corrected chi connectivity index (χ4v) is 8.28. The average molecular weight is 289 g/mol. The lowest BCUT2D eigenvalue weighted by Gasteiger charge is -2.48. The molecule has 4 fully saturated rings. The molecule has 0 radical (unpaired) electrons. The first kappa shape index (κ1) is 14.6. The van der Waals surface area contributed by atoms with E-state index in [2.05, 4.69) is 27.7 Å². The Labute approximate surface area is 132 Å². The highest BCUT2D eigenvalue weighted by molar-refractivity contribution is 5.07. The molecular formula is C21H36. The average Bonchev–Trinajstić information content (AvgIpc) is 2.96. The van der Waals surface area contributed by atoms with Crippen LogP contribution in [-0.2, 0) is 0 Å². The van der Waals surface area contributed by atoms with Crippen LogP contribution in [0.15, 0.2) is 0 Å². The molecule has 4 aliphatic rings. The molecule has 10 atom stereocenters. The number of hydrogen-bond acceptors (Lipinski definition) is 0. The summed E-state index contributed by atoms with van der Waals surface area (Å²) in [5.74, 6) is 10.7. The summed E-state index contributed by atoms with van der Waals surface area (Å²) in [5.41, 5.74) is 0. The molecule has 0 amide bonds. The Morgan fingerprint density at radius 1 is 0.714 bits per heavy atom. The van der Waals surface area contributed by atoms with Gasteiger partial charge >= 0.3 is 0 Å². The van der Waals surface area contributed by atoms with Gasteiger partial charge < -0.3 is 0 Å². The molecule has 0 aromatic rings. The third-order valence-electron chi connectivity index (χ3n) is 9.03. The van der Waals surface area contributed by atoms with E-state index in [9.17, 15) is 0 Å². The standard InChI is InChI=1S/C21H36/c1-5-15-10-18-19-11-16-8-6-7-9-17(16)13(3)21(19)14(4)20(18)12(15)2/h12-21H,5-11H2,1-4H3/t12?,13?,14?,15?,16-,17+,18?,19?,20?,21?/m1/s1. The van der Waals surface area contributed by atoms with Crippen molar-refractivity contribution in [1.82, 2.24) is 0 Å². The lowest BCUT2D eigenvalue weighted by molar-refractivity contribution is 0.00534. The molecule has 0 aromatic carbocycles. The maximum absolute atomic E-state index is 2.65. The van der Waals surface area contributed by atoms with Crippen molar-refractivity contribution >= 4 is 0 Å². The van der Waals surface area contributed by atoms with Crippen molar-refractivity contribution in [1.29, 1.82) is 0 Å². The summed E-state index contributed by atoms with van der Waals surface area (Å²) in [5, 5.41) is 0. The van der Waals surface area contributed by atoms with Gasteiger partial charge in [-0.05, 0) is 78.4 Å². The van der Waals surface area contributed by atoms with E-state index < -0.39 is 0 Å². The molecule has 0 bridgehead atoms. The van der Waals surface area contributed by atoms with E-state index >= 15 is 0 Å². The molecular weight excluding hydrogens is 252 g/mol. The Bertz CT molecular complexity index is 385. The van der Waals surface area contributed by atoms with Crippen LogP contribution in [0.1, 0.15) is 72.6 Å². The van der Waals surface area contributed by atoms with E-state index in [1.54, 1.807) is 25.7 Å². The van der Waals surface area contributed by atoms with Gasteiger partial charge in [0.25, 0.3) is 0 Å². The topological polar surface area (TPSA) is 0 Å². The summed E-state index contributed by atoms with van der Waals surface area (Å²) < 4.78 is 0. The van der Waals surface area contributed by atoms with Gasteiger partial charge in [0, 0.05) is 0 Å². The zero-order chi connectivity index (χ0) is 14.7. The van der Waals surface area contributed by atoms with E-state index in [0.29, 0.717) is 0 Å². The summed E-state index contributed by atoms with van der Waals surface area (Å²) in [7, 11) is 0. The van der Waals surface area contributed by atoms with Crippen LogP contribution in [0.25, 0.3) is 0 Å². The van der Waals surface area contributed by atoms with Crippen molar-refractivity contribution < 1.29 is 0 Å². The van der Waals surface area contributed by atoms with Gasteiger partial charge in [-0.1, -0.05) is 53.4 Å². The van der Waals surface area contributed by atoms with Gasteiger partial charge in [0.15, 0.2) is 0 Å². The normalized spacial score (nSPS) is 59.4. The first-order chi connectivity index (χ1) is 10.1. The Morgan fingerprint density at radius 2 is 1.38 bits per heavy atom. The fourth-order valence-electron chi connectivity index (χ4n) is 8.28. The third kappa shape index (κ3) is 1.99. The highest BCUT2D eigenvalue weighted by Crippen LogP contribution is 2.65. The van der Waals surface area contributed by atoms with Crippen LogP contribution in [0.2, 0.25) is 0 Å². The molecule has 120 valence electrons. The van der Waals surface area contributed by atoms with Gasteiger partial charge in [-0.2, -0.15) is 0 Å². The van der Waals surface area contributed by atoms with Crippen LogP contribution < -0.4 is 0 Å². The third-order valence-corrected chi connectivity index (χ3v) is 9.03. The Morgan fingerprint density at radius 3 is 2.14 bits per heavy atom. The van der Waals surface area contributed by atoms with Crippen molar-refractivity contribution in [3.8, 4) is 0 Å². The second kappa shape index (κ2) is 5.27. The predicted octanol–water partition coefficient (Wildman–Crippen LogP) is 6.01. The van der Waals surface area contributed by atoms with Gasteiger partial charge in [0.05, 0.1) is 0 Å². The quantitative estimate of drug-likeness (QED) is 0.554. The SMILES string of the molecule is CCC1CC2C3C[C@H]4CCCC[C@H]4C(C)C3C(C)C2C1C. The zero-order valence-corrected chi connectivity index (χ0v) is 14.7. The minimum absolute atomic E-state index is 1.01. The lowest BCUT2D eigenvalue weighted by atomic mass is 9.57. The first-order valence-corrected chi connectivity index (χ1v) is 10.1. The van der Waals surface area contributed by atoms with Gasteiger partial charge in [-0.25, -0.2) is 0 Å². The van der Waals surface area contributed by atoms with Crippen molar-refractivity contribution in [2.45, 2.75) is 72.6 Å². The Balaban J connectivity index is 1.61. The maximum atomic E-state index is 2.65. The van der Waals surface area contributed by atoms with E-state index in [1.807, 2.05) is 0 Å². The van der Waals surface area contributed by atoms with Crippen molar-refractivity contribution in [3.05, 3.63) is 0 Å². The molecule has 8 unspecified atom stereocenters. The second-order valence-corrected chi connectivity index (χ2v) is 9.41. The van der Waals surface area contributed by atoms with E-state index in [4.69, 9.17) is 0 Å². The van der Waals surface area contributed by atoms with Crippen molar-refractivity contribution in [2.24, 2.45) is 59.2 Å². The molecule has 0 N–H and O–H groups in total. The van der Waals surface area contributed by atoms with E-state index in [1.165, 1.54) is 19.3 Å². The van der Waals surface area contributed by atoms with Crippen LogP contribution in [-0.4, -0.2) is 0 Å². The maximum Gasteiger partial charge on any atom is -0.0326 e. The highest BCUT2D eigenvalue weighted by Gasteiger charge is 2.59. The number of rotatable bonds is 1. The Kier molecular flexibility index (Phi) is 3.66. The van der Waals surface area contributed by atoms with Crippen molar-refractivity contribution in [2.75, 3.05) is 0 Å². The first-order valence-electron chi connectivity index (χ1n) is 10.1. The largest absolute Gasteiger partial charge is 0.0651 e. The molecule has 21 heavy (non-hydrogen) atoms. The molecule has 0 nitrogen and oxygen atoms in total. The fraction of sp³-hybridized carbons (Fsp3) is 1.00. The van der Waals surface area contributed by atoms with E-state index in [0.717, 1.165) is 59.2 Å². The van der Waals surface area contributed by atoms with Gasteiger partial charge in [-0.15, -0.1) is 0 Å². The minimum atomic E-state index is 1.01. The van der Waals surface area contributed by atoms with Crippen LogP contribution in [0.4, 0.5) is 0 Å². The summed E-state index contributed by atoms with van der Waals surface area (Å²) >= 11 is 0. The Hall–Kier alpha value is 0. The zero-order valence-electron chi connectivity index (χ0n) is 14.7. The summed E-state index contributed by atoms with van der Waals surface area (Å²) in [4.78, 5) is 0. The second-order valence-electron chi connectivity index (χ2n) is 9.41. The molecule has 0 spiro atoms. The van der Waals surface area contributed by atoms with Crippen LogP contribution >= 0.6 is 0 Å². The van der Waals surface area contributed by atoms with Gasteiger partial charge in [0.1, 0.15) is 0 Å². The van der Waals surface area contributed by atoms with Crippen LogP contribution in [0, 0.1) is 59.2 Å². The van der Waals surface area contributed by atoms with Gasteiger partial charge in [-0.3, -0.25) is 0 Å². The monoisotopic (exact) mass is 288 g/mol. The smallest absolute Gasteiger partial charge is 0.0326 e. The lowest BCUT2D eigenvalue weighted by Crippen LogP contribution is -2.41. The highest BCUT2D eigenvalue weighted by atomic mass is 14.6. The molecule has 4 aliphatic carbocycles. The molecule has 0 saturated heterocycles. The number of fused-ring (bicyclic) bond motifs is 4. The molecule has 4 saturated carbocycles. The molecule has 0 aromatic heterocycles. The molecule has 0 aliphatic heterocycles. The summed E-state index contributed by atoms with van der Waals surface area (Å²) in [6, 6.07) is 0.